The predicted molar refractivity (Wildman–Crippen MR) is 110 cm³/mol. The molecule has 3 rings (SSSR count). The van der Waals surface area contributed by atoms with Gasteiger partial charge in [0.2, 0.25) is 11.8 Å². The van der Waals surface area contributed by atoms with E-state index in [2.05, 4.69) is 25.8 Å². The molecule has 0 aliphatic heterocycles. The fraction of sp³-hybridized carbons (Fsp3) is 0.238. The Kier molecular flexibility index (Phi) is 6.61. The van der Waals surface area contributed by atoms with Gasteiger partial charge in [-0.1, -0.05) is 54.1 Å². The minimum Gasteiger partial charge on any atom is -0.349 e. The number of carbonyl (C=O) groups excluding carboxylic acids is 2. The minimum absolute atomic E-state index is 0.0634. The van der Waals surface area contributed by atoms with Crippen molar-refractivity contribution in [2.75, 3.05) is 0 Å². The summed E-state index contributed by atoms with van der Waals surface area (Å²) in [5, 5.41) is 13.4. The summed E-state index contributed by atoms with van der Waals surface area (Å²) < 4.78 is 0. The number of hydrogen-bond donors (Lipinski definition) is 3. The van der Waals surface area contributed by atoms with Crippen molar-refractivity contribution >= 4 is 23.4 Å². The molecule has 7 nitrogen and oxygen atoms in total. The number of carbonyl (C=O) groups is 2. The lowest BCUT2D eigenvalue weighted by molar-refractivity contribution is -0.123. The molecule has 0 fully saturated rings. The summed E-state index contributed by atoms with van der Waals surface area (Å²) in [6.45, 7) is 3.22. The third-order valence-corrected chi connectivity index (χ3v) is 4.60. The van der Waals surface area contributed by atoms with Crippen LogP contribution < -0.4 is 10.6 Å². The van der Waals surface area contributed by atoms with Crippen molar-refractivity contribution in [1.29, 1.82) is 0 Å². The van der Waals surface area contributed by atoms with Gasteiger partial charge in [-0.3, -0.25) is 14.7 Å². The van der Waals surface area contributed by atoms with Gasteiger partial charge in [-0.2, -0.15) is 5.10 Å². The molecule has 0 spiro atoms. The van der Waals surface area contributed by atoms with Crippen molar-refractivity contribution in [1.82, 2.24) is 25.8 Å². The Hall–Kier alpha value is -3.19. The molecule has 150 valence electrons. The van der Waals surface area contributed by atoms with Crippen LogP contribution in [0.4, 0.5) is 0 Å². The molecule has 2 amide bonds. The van der Waals surface area contributed by atoms with Crippen molar-refractivity contribution in [2.45, 2.75) is 32.4 Å². The number of aromatic amines is 1. The highest BCUT2D eigenvalue weighted by Gasteiger charge is 2.23. The van der Waals surface area contributed by atoms with Crippen molar-refractivity contribution in [3.63, 3.8) is 0 Å². The zero-order valence-corrected chi connectivity index (χ0v) is 16.9. The van der Waals surface area contributed by atoms with Gasteiger partial charge in [0.15, 0.2) is 5.82 Å². The van der Waals surface area contributed by atoms with Crippen LogP contribution in [-0.2, 0) is 9.59 Å². The second kappa shape index (κ2) is 9.34. The normalized spacial score (nSPS) is 12.8. The lowest BCUT2D eigenvalue weighted by Crippen LogP contribution is -2.35. The highest BCUT2D eigenvalue weighted by Crippen LogP contribution is 2.22. The molecule has 2 aromatic carbocycles. The third kappa shape index (κ3) is 5.65. The van der Waals surface area contributed by atoms with E-state index >= 15 is 0 Å². The fourth-order valence-electron chi connectivity index (χ4n) is 3.03. The molecular formula is C21H22ClN5O2. The zero-order valence-electron chi connectivity index (χ0n) is 16.1. The Morgan fingerprint density at radius 2 is 1.72 bits per heavy atom. The number of benzene rings is 2. The van der Waals surface area contributed by atoms with Gasteiger partial charge in [0.1, 0.15) is 11.9 Å². The van der Waals surface area contributed by atoms with E-state index in [-0.39, 0.29) is 18.2 Å². The second-order valence-electron chi connectivity index (χ2n) is 6.70. The van der Waals surface area contributed by atoms with E-state index in [1.807, 2.05) is 30.3 Å². The van der Waals surface area contributed by atoms with Crippen LogP contribution in [-0.4, -0.2) is 27.0 Å². The van der Waals surface area contributed by atoms with Crippen LogP contribution in [0.3, 0.4) is 0 Å². The Balaban J connectivity index is 1.80. The first-order valence-corrected chi connectivity index (χ1v) is 9.56. The van der Waals surface area contributed by atoms with Crippen LogP contribution >= 0.6 is 11.6 Å². The van der Waals surface area contributed by atoms with E-state index in [1.54, 1.807) is 31.2 Å². The molecule has 0 bridgehead atoms. The molecular weight excluding hydrogens is 390 g/mol. The van der Waals surface area contributed by atoms with E-state index in [0.29, 0.717) is 16.7 Å². The van der Waals surface area contributed by atoms with Gasteiger partial charge in [-0.15, -0.1) is 0 Å². The molecule has 0 aliphatic rings. The highest BCUT2D eigenvalue weighted by molar-refractivity contribution is 6.30. The van der Waals surface area contributed by atoms with Gasteiger partial charge in [-0.25, -0.2) is 4.98 Å². The Morgan fingerprint density at radius 3 is 2.31 bits per heavy atom. The smallest absolute Gasteiger partial charge is 0.223 e. The number of aromatic nitrogens is 3. The summed E-state index contributed by atoms with van der Waals surface area (Å²) in [6.07, 6.45) is 0.0634. The quantitative estimate of drug-likeness (QED) is 0.555. The molecule has 0 aliphatic carbocycles. The standard InChI is InChI=1S/C21H22ClN5O2/c1-13-23-21(27-26-13)20(16-6-4-3-5-7-16)25-19(29)12-18(24-14(2)28)15-8-10-17(22)11-9-15/h3-11,18,20H,12H2,1-2H3,(H,24,28)(H,25,29)(H,23,26,27). The maximum Gasteiger partial charge on any atom is 0.223 e. The van der Waals surface area contributed by atoms with Crippen LogP contribution in [0.1, 0.15) is 48.2 Å². The number of hydrogen-bond acceptors (Lipinski definition) is 4. The Morgan fingerprint density at radius 1 is 1.03 bits per heavy atom. The van der Waals surface area contributed by atoms with Crippen molar-refractivity contribution in [2.24, 2.45) is 0 Å². The first kappa shape index (κ1) is 20.5. The number of H-pyrrole nitrogens is 1. The van der Waals surface area contributed by atoms with Gasteiger partial charge in [0.05, 0.1) is 12.5 Å². The van der Waals surface area contributed by atoms with Crippen LogP contribution in [0.5, 0.6) is 0 Å². The Labute approximate surface area is 173 Å². The fourth-order valence-corrected chi connectivity index (χ4v) is 3.16. The van der Waals surface area contributed by atoms with Crippen LogP contribution in [0, 0.1) is 6.92 Å². The lowest BCUT2D eigenvalue weighted by Gasteiger charge is -2.21. The number of rotatable bonds is 7. The summed E-state index contributed by atoms with van der Waals surface area (Å²) in [6, 6.07) is 15.6. The molecule has 2 unspecified atom stereocenters. The average molecular weight is 412 g/mol. The predicted octanol–water partition coefficient (Wildman–Crippen LogP) is 3.24. The minimum atomic E-state index is -0.503. The topological polar surface area (TPSA) is 99.8 Å². The average Bonchev–Trinajstić information content (AvgIpc) is 3.12. The SMILES string of the molecule is CC(=O)NC(CC(=O)NC(c1ccccc1)c1n[nH]c(C)n1)c1ccc(Cl)cc1. The molecule has 29 heavy (non-hydrogen) atoms. The van der Waals surface area contributed by atoms with Gasteiger partial charge >= 0.3 is 0 Å². The first-order chi connectivity index (χ1) is 13.9. The summed E-state index contributed by atoms with van der Waals surface area (Å²) in [4.78, 5) is 28.9. The number of amides is 2. The monoisotopic (exact) mass is 411 g/mol. The van der Waals surface area contributed by atoms with E-state index in [1.165, 1.54) is 6.92 Å². The molecule has 0 radical (unpaired) electrons. The van der Waals surface area contributed by atoms with Gasteiger partial charge in [-0.05, 0) is 30.2 Å². The largest absolute Gasteiger partial charge is 0.349 e. The molecule has 2 atom stereocenters. The van der Waals surface area contributed by atoms with Gasteiger partial charge in [0.25, 0.3) is 0 Å². The lowest BCUT2D eigenvalue weighted by atomic mass is 10.0. The van der Waals surface area contributed by atoms with E-state index in [9.17, 15) is 9.59 Å². The van der Waals surface area contributed by atoms with Crippen LogP contribution in [0.25, 0.3) is 0 Å². The summed E-state index contributed by atoms with van der Waals surface area (Å²) >= 11 is 5.95. The first-order valence-electron chi connectivity index (χ1n) is 9.18. The number of nitrogens with one attached hydrogen (secondary N) is 3. The molecule has 8 heteroatoms. The Bertz CT molecular complexity index is 972. The molecule has 0 saturated heterocycles. The molecule has 1 heterocycles. The second-order valence-corrected chi connectivity index (χ2v) is 7.14. The number of aryl methyl sites for hydroxylation is 1. The summed E-state index contributed by atoms with van der Waals surface area (Å²) in [7, 11) is 0. The molecule has 0 saturated carbocycles. The van der Waals surface area contributed by atoms with Gasteiger partial charge < -0.3 is 10.6 Å². The van der Waals surface area contributed by atoms with Crippen molar-refractivity contribution in [3.8, 4) is 0 Å². The summed E-state index contributed by atoms with van der Waals surface area (Å²) in [5.74, 6) is 0.675. The van der Waals surface area contributed by atoms with E-state index < -0.39 is 12.1 Å². The zero-order chi connectivity index (χ0) is 20.8. The van der Waals surface area contributed by atoms with Crippen molar-refractivity contribution in [3.05, 3.63) is 82.4 Å². The number of halogens is 1. The van der Waals surface area contributed by atoms with Gasteiger partial charge in [0, 0.05) is 11.9 Å². The van der Waals surface area contributed by atoms with Crippen molar-refractivity contribution < 1.29 is 9.59 Å². The molecule has 1 aromatic heterocycles. The van der Waals surface area contributed by atoms with Crippen LogP contribution in [0.15, 0.2) is 54.6 Å². The maximum atomic E-state index is 12.9. The maximum absolute atomic E-state index is 12.9. The summed E-state index contributed by atoms with van der Waals surface area (Å²) in [5.41, 5.74) is 1.66. The third-order valence-electron chi connectivity index (χ3n) is 4.35. The van der Waals surface area contributed by atoms with E-state index in [0.717, 1.165) is 11.1 Å². The van der Waals surface area contributed by atoms with Crippen LogP contribution in [0.2, 0.25) is 5.02 Å². The highest BCUT2D eigenvalue weighted by atomic mass is 35.5. The molecule has 3 N–H and O–H groups in total. The number of nitrogens with zero attached hydrogens (tertiary/aromatic N) is 2. The molecule has 3 aromatic rings. The van der Waals surface area contributed by atoms with E-state index in [4.69, 9.17) is 11.6 Å².